The topological polar surface area (TPSA) is 127 Å². The van der Waals surface area contributed by atoms with Crippen molar-refractivity contribution in [2.24, 2.45) is 17.8 Å². The highest BCUT2D eigenvalue weighted by molar-refractivity contribution is 7.90. The van der Waals surface area contributed by atoms with Crippen molar-refractivity contribution in [3.63, 3.8) is 0 Å². The average molecular weight is 626 g/mol. The molecule has 3 aliphatic rings. The Balaban J connectivity index is 1.41. The summed E-state index contributed by atoms with van der Waals surface area (Å²) in [5, 5.41) is 13.8. The van der Waals surface area contributed by atoms with Crippen LogP contribution in [0.2, 0.25) is 0 Å². The van der Waals surface area contributed by atoms with Gasteiger partial charge in [-0.1, -0.05) is 48.0 Å². The van der Waals surface area contributed by atoms with Crippen LogP contribution in [0.25, 0.3) is 33.7 Å². The molecule has 3 heterocycles. The maximum Gasteiger partial charge on any atom is 0.308 e. The van der Waals surface area contributed by atoms with E-state index in [-0.39, 0.29) is 50.9 Å². The molecule has 0 spiro atoms. The van der Waals surface area contributed by atoms with E-state index in [1.54, 1.807) is 18.2 Å². The minimum absolute atomic E-state index is 0.0564. The number of aromatic nitrogens is 4. The molecule has 3 aromatic heterocycles. The number of aryl methyl sites for hydroxylation is 2. The average Bonchev–Trinajstić information content (AvgIpc) is 3.41. The summed E-state index contributed by atoms with van der Waals surface area (Å²) in [6.07, 6.45) is 5.09. The summed E-state index contributed by atoms with van der Waals surface area (Å²) in [6, 6.07) is 18.7. The number of fused-ring (bicyclic) bond motifs is 4. The summed E-state index contributed by atoms with van der Waals surface area (Å²) in [6.45, 7) is 3.35. The molecule has 11 heteroatoms. The number of nitrogens with zero attached hydrogens (tertiary/aromatic N) is 4. The Morgan fingerprint density at radius 1 is 0.933 bits per heavy atom. The Hall–Kier alpha value is -4.64. The first-order valence-corrected chi connectivity index (χ1v) is 16.5. The van der Waals surface area contributed by atoms with Crippen molar-refractivity contribution in [2.45, 2.75) is 50.5 Å². The smallest absolute Gasteiger partial charge is 0.308 e. The number of carbonyl (C=O) groups is 1. The van der Waals surface area contributed by atoms with Gasteiger partial charge in [-0.15, -0.1) is 0 Å². The largest absolute Gasteiger partial charge is 0.481 e. The molecule has 2 unspecified atom stereocenters. The lowest BCUT2D eigenvalue weighted by atomic mass is 9.61. The minimum atomic E-state index is -4.12. The Morgan fingerprint density at radius 3 is 2.31 bits per heavy atom. The van der Waals surface area contributed by atoms with E-state index in [4.69, 9.17) is 9.97 Å². The normalized spacial score (nSPS) is 21.2. The molecule has 3 saturated carbocycles. The van der Waals surface area contributed by atoms with Crippen molar-refractivity contribution in [2.75, 3.05) is 5.32 Å². The summed E-state index contributed by atoms with van der Waals surface area (Å²) in [4.78, 5) is 26.4. The first-order chi connectivity index (χ1) is 21.6. The number of halogens is 1. The third-order valence-electron chi connectivity index (χ3n) is 9.31. The predicted molar refractivity (Wildman–Crippen MR) is 169 cm³/mol. The molecular formula is C34H32FN5O4S. The number of pyridine rings is 1. The molecule has 2 N–H and O–H groups in total. The van der Waals surface area contributed by atoms with Crippen LogP contribution in [0.4, 0.5) is 10.2 Å². The number of carboxylic acid groups (broad SMARTS) is 1. The van der Waals surface area contributed by atoms with Crippen LogP contribution in [0, 0.1) is 37.4 Å². The highest BCUT2D eigenvalue weighted by Gasteiger charge is 2.47. The van der Waals surface area contributed by atoms with Crippen molar-refractivity contribution in [3.8, 4) is 22.6 Å². The second-order valence-corrected chi connectivity index (χ2v) is 13.9. The SMILES string of the molecule is Cc1ccc(S(=O)(=O)n2cc(-c3nc(NC4C5CCC(CC5)C4C(=O)O)cc(-c4ccccc4)n3)c3cc(F)c(C)nc32)cc1. The molecule has 3 aliphatic carbocycles. The van der Waals surface area contributed by atoms with Gasteiger partial charge in [-0.05, 0) is 69.6 Å². The van der Waals surface area contributed by atoms with Crippen LogP contribution in [-0.4, -0.2) is 44.5 Å². The number of carboxylic acids is 1. The van der Waals surface area contributed by atoms with Crippen LogP contribution >= 0.6 is 0 Å². The monoisotopic (exact) mass is 625 g/mol. The fourth-order valence-corrected chi connectivity index (χ4v) is 8.27. The van der Waals surface area contributed by atoms with Crippen molar-refractivity contribution >= 4 is 32.8 Å². The highest BCUT2D eigenvalue weighted by Crippen LogP contribution is 2.46. The Bertz CT molecular complexity index is 2040. The van der Waals surface area contributed by atoms with Crippen LogP contribution in [-0.2, 0) is 14.8 Å². The maximum atomic E-state index is 15.0. The number of benzene rings is 2. The van der Waals surface area contributed by atoms with E-state index in [9.17, 15) is 18.3 Å². The van der Waals surface area contributed by atoms with E-state index in [1.807, 2.05) is 37.3 Å². The second kappa shape index (κ2) is 11.1. The van der Waals surface area contributed by atoms with Gasteiger partial charge in [-0.3, -0.25) is 4.79 Å². The summed E-state index contributed by atoms with van der Waals surface area (Å²) >= 11 is 0. The lowest BCUT2D eigenvalue weighted by Crippen LogP contribution is -2.51. The summed E-state index contributed by atoms with van der Waals surface area (Å²) in [5.41, 5.74) is 2.65. The summed E-state index contributed by atoms with van der Waals surface area (Å²) in [7, 11) is -4.12. The molecule has 0 aliphatic heterocycles. The quantitative estimate of drug-likeness (QED) is 0.211. The Kier molecular flexibility index (Phi) is 7.15. The minimum Gasteiger partial charge on any atom is -0.481 e. The van der Waals surface area contributed by atoms with Gasteiger partial charge in [-0.25, -0.2) is 31.7 Å². The molecule has 230 valence electrons. The van der Waals surface area contributed by atoms with Gasteiger partial charge >= 0.3 is 5.97 Å². The Labute approximate surface area is 260 Å². The molecule has 8 rings (SSSR count). The van der Waals surface area contributed by atoms with Gasteiger partial charge in [0.1, 0.15) is 11.6 Å². The zero-order valence-electron chi connectivity index (χ0n) is 24.8. The summed E-state index contributed by atoms with van der Waals surface area (Å²) < 4.78 is 43.9. The number of hydrogen-bond donors (Lipinski definition) is 2. The number of hydrogen-bond acceptors (Lipinski definition) is 7. The van der Waals surface area contributed by atoms with Gasteiger partial charge in [0.05, 0.1) is 22.2 Å². The molecule has 0 radical (unpaired) electrons. The standard InChI is InChI=1S/C34H32FN5O4S/c1-19-8-14-24(15-9-19)45(43,44)40-18-26(25-16-27(35)20(2)36-33(25)40)32-37-28(21-6-4-3-5-7-21)17-29(39-32)38-31-23-12-10-22(11-13-23)30(31)34(41)42/h3-9,14-18,22-23,30-31H,10-13H2,1-2H3,(H,41,42)(H,37,38,39). The lowest BCUT2D eigenvalue weighted by molar-refractivity contribution is -0.148. The van der Waals surface area contributed by atoms with Gasteiger partial charge in [0.15, 0.2) is 11.5 Å². The van der Waals surface area contributed by atoms with Crippen molar-refractivity contribution in [3.05, 3.63) is 90.0 Å². The molecule has 9 nitrogen and oxygen atoms in total. The van der Waals surface area contributed by atoms with Crippen molar-refractivity contribution in [1.29, 1.82) is 0 Å². The van der Waals surface area contributed by atoms with E-state index in [0.717, 1.165) is 40.8 Å². The number of nitrogens with one attached hydrogen (secondary N) is 1. The van der Waals surface area contributed by atoms with Crippen LogP contribution in [0.1, 0.15) is 36.9 Å². The highest BCUT2D eigenvalue weighted by atomic mass is 32.2. The van der Waals surface area contributed by atoms with E-state index in [0.29, 0.717) is 11.5 Å². The number of rotatable bonds is 7. The molecule has 3 fully saturated rings. The first-order valence-electron chi connectivity index (χ1n) is 15.0. The molecule has 0 saturated heterocycles. The zero-order valence-corrected chi connectivity index (χ0v) is 25.6. The first kappa shape index (κ1) is 29.1. The van der Waals surface area contributed by atoms with Gasteiger partial charge in [0.25, 0.3) is 10.0 Å². The second-order valence-electron chi connectivity index (χ2n) is 12.1. The van der Waals surface area contributed by atoms with Crippen LogP contribution in [0.15, 0.2) is 77.8 Å². The number of anilines is 1. The van der Waals surface area contributed by atoms with Crippen molar-refractivity contribution in [1.82, 2.24) is 18.9 Å². The molecule has 5 aromatic rings. The van der Waals surface area contributed by atoms with E-state index in [1.165, 1.54) is 31.3 Å². The van der Waals surface area contributed by atoms with Gasteiger partial charge in [-0.2, -0.15) is 0 Å². The maximum absolute atomic E-state index is 15.0. The van der Waals surface area contributed by atoms with Gasteiger partial charge in [0, 0.05) is 34.8 Å². The molecule has 45 heavy (non-hydrogen) atoms. The lowest BCUT2D eigenvalue weighted by Gasteiger charge is -2.47. The van der Waals surface area contributed by atoms with Gasteiger partial charge < -0.3 is 10.4 Å². The zero-order chi connectivity index (χ0) is 31.5. The van der Waals surface area contributed by atoms with Crippen LogP contribution < -0.4 is 5.32 Å². The molecule has 0 amide bonds. The molecule has 2 atom stereocenters. The third kappa shape index (κ3) is 5.14. The van der Waals surface area contributed by atoms with E-state index >= 15 is 4.39 Å². The van der Waals surface area contributed by atoms with Crippen molar-refractivity contribution < 1.29 is 22.7 Å². The van der Waals surface area contributed by atoms with Crippen LogP contribution in [0.3, 0.4) is 0 Å². The van der Waals surface area contributed by atoms with Gasteiger partial charge in [0.2, 0.25) is 0 Å². The molecular weight excluding hydrogens is 593 g/mol. The third-order valence-corrected chi connectivity index (χ3v) is 11.0. The van der Waals surface area contributed by atoms with E-state index in [2.05, 4.69) is 10.3 Å². The molecule has 2 bridgehead atoms. The fraction of sp³-hybridized carbons (Fsp3) is 0.294. The summed E-state index contributed by atoms with van der Waals surface area (Å²) in [5.74, 6) is -1.07. The van der Waals surface area contributed by atoms with Crippen LogP contribution in [0.5, 0.6) is 0 Å². The molecule has 2 aromatic carbocycles. The Morgan fingerprint density at radius 2 is 1.62 bits per heavy atom. The number of aliphatic carboxylic acids is 1. The fourth-order valence-electron chi connectivity index (χ4n) is 6.95. The van der Waals surface area contributed by atoms with E-state index < -0.39 is 27.7 Å². The predicted octanol–water partition coefficient (Wildman–Crippen LogP) is 6.45.